The van der Waals surface area contributed by atoms with Gasteiger partial charge in [-0.15, -0.1) is 0 Å². The normalized spacial score (nSPS) is 14.5. The molecule has 0 saturated carbocycles. The molecule has 0 spiro atoms. The summed E-state index contributed by atoms with van der Waals surface area (Å²) in [6.45, 7) is 13.6. The van der Waals surface area contributed by atoms with Crippen molar-refractivity contribution in [2.24, 2.45) is 0 Å². The third kappa shape index (κ3) is 5.75. The van der Waals surface area contributed by atoms with Crippen LogP contribution in [0.5, 0.6) is 5.75 Å². The van der Waals surface area contributed by atoms with E-state index in [4.69, 9.17) is 19.9 Å². The van der Waals surface area contributed by atoms with Gasteiger partial charge in [0.1, 0.15) is 29.2 Å². The van der Waals surface area contributed by atoms with Crippen molar-refractivity contribution in [3.63, 3.8) is 0 Å². The number of hydrogen-bond acceptors (Lipinski definition) is 7. The first-order valence-corrected chi connectivity index (χ1v) is 14.9. The van der Waals surface area contributed by atoms with Crippen molar-refractivity contribution in [1.29, 1.82) is 5.41 Å². The smallest absolute Gasteiger partial charge is 0.421 e. The summed E-state index contributed by atoms with van der Waals surface area (Å²) in [6.07, 6.45) is -0.578. The molecule has 0 atom stereocenters. The second-order valence-electron chi connectivity index (χ2n) is 11.9. The number of fused-ring (bicyclic) bond motifs is 2. The Balaban J connectivity index is 1.08. The maximum Gasteiger partial charge on any atom is 0.421 e. The molecule has 1 saturated heterocycles. The van der Waals surface area contributed by atoms with Gasteiger partial charge >= 0.3 is 6.09 Å². The number of aromatic amines is 2. The number of anilines is 1. The quantitative estimate of drug-likeness (QED) is 0.234. The Morgan fingerprint density at radius 1 is 0.977 bits per heavy atom. The molecule has 1 aliphatic heterocycles. The number of nitrogens with one attached hydrogen (secondary N) is 3. The summed E-state index contributed by atoms with van der Waals surface area (Å²) in [5.41, 5.74) is 6.84. The molecule has 0 amide bonds. The highest BCUT2D eigenvalue weighted by molar-refractivity contribution is 5.91. The second-order valence-corrected chi connectivity index (χ2v) is 11.9. The average molecular weight is 582 g/mol. The maximum absolute atomic E-state index is 12.3. The van der Waals surface area contributed by atoms with Crippen molar-refractivity contribution in [3.8, 4) is 17.1 Å². The molecule has 3 aromatic carbocycles. The zero-order valence-corrected chi connectivity index (χ0v) is 25.2. The van der Waals surface area contributed by atoms with E-state index in [-0.39, 0.29) is 17.6 Å². The fourth-order valence-corrected chi connectivity index (χ4v) is 5.66. The third-order valence-electron chi connectivity index (χ3n) is 8.06. The van der Waals surface area contributed by atoms with Gasteiger partial charge in [0.2, 0.25) is 5.62 Å². The molecule has 3 N–H and O–H groups in total. The number of benzene rings is 3. The van der Waals surface area contributed by atoms with Crippen molar-refractivity contribution in [2.45, 2.75) is 33.1 Å². The van der Waals surface area contributed by atoms with Gasteiger partial charge in [-0.1, -0.05) is 57.2 Å². The number of carbonyl (C=O) groups excluding carboxylic acids is 1. The Morgan fingerprint density at radius 2 is 1.72 bits per heavy atom. The van der Waals surface area contributed by atoms with Crippen molar-refractivity contribution in [2.75, 3.05) is 50.8 Å². The first-order valence-electron chi connectivity index (χ1n) is 14.9. The minimum Gasteiger partial charge on any atom is -0.490 e. The molecular weight excluding hydrogens is 542 g/mol. The number of para-hydroxylation sites is 2. The topological polar surface area (TPSA) is 115 Å². The summed E-state index contributed by atoms with van der Waals surface area (Å²) in [4.78, 5) is 28.6. The summed E-state index contributed by atoms with van der Waals surface area (Å²) in [7, 11) is 0. The molecule has 43 heavy (non-hydrogen) atoms. The summed E-state index contributed by atoms with van der Waals surface area (Å²) >= 11 is 0. The van der Waals surface area contributed by atoms with Crippen LogP contribution in [0.15, 0.2) is 60.7 Å². The van der Waals surface area contributed by atoms with Gasteiger partial charge in [-0.2, -0.15) is 0 Å². The molecule has 0 bridgehead atoms. The van der Waals surface area contributed by atoms with Gasteiger partial charge in [-0.05, 0) is 42.2 Å². The Kier molecular flexibility index (Phi) is 7.70. The minimum absolute atomic E-state index is 0.0434. The largest absolute Gasteiger partial charge is 0.490 e. The van der Waals surface area contributed by atoms with E-state index in [2.05, 4.69) is 83.0 Å². The van der Waals surface area contributed by atoms with Crippen LogP contribution in [0.4, 0.5) is 10.5 Å². The Hall–Kier alpha value is -4.57. The minimum atomic E-state index is -0.578. The predicted octanol–water partition coefficient (Wildman–Crippen LogP) is 5.50. The Labute approximate surface area is 250 Å². The summed E-state index contributed by atoms with van der Waals surface area (Å²) in [6, 6.07) is 20.5. The van der Waals surface area contributed by atoms with E-state index in [9.17, 15) is 4.79 Å². The number of rotatable bonds is 7. The van der Waals surface area contributed by atoms with E-state index in [0.717, 1.165) is 60.8 Å². The molecule has 0 aliphatic carbocycles. The molecule has 10 nitrogen and oxygen atoms in total. The van der Waals surface area contributed by atoms with Gasteiger partial charge in [0.25, 0.3) is 0 Å². The number of piperazine rings is 1. The van der Waals surface area contributed by atoms with Crippen LogP contribution >= 0.6 is 0 Å². The first kappa shape index (κ1) is 28.5. The van der Waals surface area contributed by atoms with Gasteiger partial charge in [0.05, 0.1) is 23.3 Å². The predicted molar refractivity (Wildman–Crippen MR) is 169 cm³/mol. The molecule has 0 unspecified atom stereocenters. The van der Waals surface area contributed by atoms with E-state index >= 15 is 0 Å². The molecule has 3 heterocycles. The van der Waals surface area contributed by atoms with Gasteiger partial charge in [-0.25, -0.2) is 14.3 Å². The molecule has 224 valence electrons. The van der Waals surface area contributed by atoms with Crippen molar-refractivity contribution >= 4 is 33.8 Å². The van der Waals surface area contributed by atoms with E-state index in [0.29, 0.717) is 23.4 Å². The van der Waals surface area contributed by atoms with Crippen LogP contribution in [-0.2, 0) is 10.2 Å². The summed E-state index contributed by atoms with van der Waals surface area (Å²) in [5.74, 6) is 1.50. The monoisotopic (exact) mass is 581 g/mol. The summed E-state index contributed by atoms with van der Waals surface area (Å²) < 4.78 is 12.4. The molecule has 6 rings (SSSR count). The third-order valence-corrected chi connectivity index (χ3v) is 8.06. The van der Waals surface area contributed by atoms with E-state index in [1.54, 1.807) is 13.0 Å². The number of nitrogens with zero attached hydrogens (tertiary/aromatic N) is 4. The summed E-state index contributed by atoms with van der Waals surface area (Å²) in [5, 5.41) is 8.19. The molecule has 1 fully saturated rings. The number of carbonyl (C=O) groups is 1. The van der Waals surface area contributed by atoms with Gasteiger partial charge < -0.3 is 24.3 Å². The fraction of sp³-hybridized carbons (Fsp3) is 0.364. The molecule has 10 heteroatoms. The standard InChI is InChI=1S/C33H39N7O3/c1-5-42-32(41)40-26-10-7-11-27(29(26)37-31(40)34)43-21-20-38-16-18-39(19-17-38)25-9-6-8-24-28(25)36-30(35-24)22-12-14-23(15-13-22)33(2,3)4/h6-15H,5,16-21H2,1-4H3,(H2,34,37)(H,35,36). The van der Waals surface area contributed by atoms with Crippen LogP contribution in [0.1, 0.15) is 33.3 Å². The van der Waals surface area contributed by atoms with Crippen molar-refractivity contribution < 1.29 is 14.3 Å². The zero-order valence-electron chi connectivity index (χ0n) is 25.2. The second kappa shape index (κ2) is 11.6. The maximum atomic E-state index is 12.3. The van der Waals surface area contributed by atoms with Crippen LogP contribution in [-0.4, -0.2) is 76.4 Å². The Bertz CT molecular complexity index is 1800. The fourth-order valence-electron chi connectivity index (χ4n) is 5.66. The lowest BCUT2D eigenvalue weighted by Crippen LogP contribution is -2.47. The lowest BCUT2D eigenvalue weighted by atomic mass is 9.87. The highest BCUT2D eigenvalue weighted by atomic mass is 16.5. The highest BCUT2D eigenvalue weighted by Crippen LogP contribution is 2.30. The van der Waals surface area contributed by atoms with Crippen molar-refractivity contribution in [3.05, 3.63) is 71.8 Å². The molecule has 0 radical (unpaired) electrons. The van der Waals surface area contributed by atoms with E-state index in [1.165, 1.54) is 10.1 Å². The SMILES string of the molecule is CCOC(=O)n1c(=N)[nH]c2c(OCCN3CCN(c4cccc5[nH]c(-c6ccc(C(C)(C)C)cc6)nc45)CC3)cccc21. The highest BCUT2D eigenvalue weighted by Gasteiger charge is 2.21. The Morgan fingerprint density at radius 3 is 2.44 bits per heavy atom. The lowest BCUT2D eigenvalue weighted by molar-refractivity contribution is 0.153. The van der Waals surface area contributed by atoms with Crippen LogP contribution < -0.4 is 15.3 Å². The first-order chi connectivity index (χ1) is 20.7. The van der Waals surface area contributed by atoms with Gasteiger partial charge in [0, 0.05) is 38.3 Å². The molecule has 1 aliphatic rings. The van der Waals surface area contributed by atoms with E-state index < -0.39 is 6.09 Å². The van der Waals surface area contributed by atoms with Gasteiger partial charge in [-0.3, -0.25) is 10.3 Å². The average Bonchev–Trinajstić information content (AvgIpc) is 3.58. The lowest BCUT2D eigenvalue weighted by Gasteiger charge is -2.36. The number of aromatic nitrogens is 4. The van der Waals surface area contributed by atoms with Crippen LogP contribution in [0, 0.1) is 5.41 Å². The number of imidazole rings is 2. The van der Waals surface area contributed by atoms with Crippen LogP contribution in [0.25, 0.3) is 33.5 Å². The zero-order chi connectivity index (χ0) is 30.1. The van der Waals surface area contributed by atoms with Gasteiger partial charge in [0.15, 0.2) is 0 Å². The molecule has 5 aromatic rings. The van der Waals surface area contributed by atoms with Crippen LogP contribution in [0.3, 0.4) is 0 Å². The number of ether oxygens (including phenoxy) is 2. The van der Waals surface area contributed by atoms with Crippen LogP contribution in [0.2, 0.25) is 0 Å². The van der Waals surface area contributed by atoms with Crippen molar-refractivity contribution in [1.82, 2.24) is 24.4 Å². The number of H-pyrrole nitrogens is 2. The molecular formula is C33H39N7O3. The molecule has 2 aromatic heterocycles. The number of hydrogen-bond donors (Lipinski definition) is 3. The van der Waals surface area contributed by atoms with E-state index in [1.807, 2.05) is 12.1 Å².